The Morgan fingerprint density at radius 1 is 0.625 bits per heavy atom. The van der Waals surface area contributed by atoms with E-state index in [1.807, 2.05) is 0 Å². The van der Waals surface area contributed by atoms with Gasteiger partial charge in [-0.2, -0.15) is 0 Å². The van der Waals surface area contributed by atoms with Gasteiger partial charge in [0.1, 0.15) is 11.2 Å². The predicted molar refractivity (Wildman–Crippen MR) is 261 cm³/mol. The van der Waals surface area contributed by atoms with Gasteiger partial charge in [0, 0.05) is 45.2 Å². The molecule has 308 valence electrons. The van der Waals surface area contributed by atoms with Crippen LogP contribution in [-0.2, 0) is 0 Å². The second-order valence-electron chi connectivity index (χ2n) is 18.4. The minimum atomic E-state index is 0.169. The number of aromatic nitrogens is 3. The fourth-order valence-corrected chi connectivity index (χ4v) is 11.7. The monoisotopic (exact) mass is 825 g/mol. The molecule has 2 aromatic heterocycles. The van der Waals surface area contributed by atoms with Crippen molar-refractivity contribution in [2.45, 2.75) is 44.4 Å². The van der Waals surface area contributed by atoms with Crippen molar-refractivity contribution < 1.29 is 4.42 Å². The number of hydrogen-bond acceptors (Lipinski definition) is 4. The van der Waals surface area contributed by atoms with Crippen molar-refractivity contribution in [3.05, 3.63) is 221 Å². The van der Waals surface area contributed by atoms with E-state index in [0.717, 1.165) is 87.7 Å². The number of para-hydroxylation sites is 1. The molecular weight excluding hydrogens is 779 g/mol. The Bertz CT molecular complexity index is 3310. The zero-order chi connectivity index (χ0) is 42.1. The number of benzene rings is 5. The maximum Gasteiger partial charge on any atom is 0.164 e. The SMILES string of the molecule is C1=CCC2CC3CC[C@@H](c4cc(-c5nc(C6=CC7C=CC=CC7C7=C6CCC=C7)nc(-c6cccc(-c7ccccc7)c6)n5)c5c(c4)oc4ccccc45)c4ccccc4C3=CC2=C1. The second-order valence-corrected chi connectivity index (χ2v) is 18.4. The summed E-state index contributed by atoms with van der Waals surface area (Å²) in [6, 6.07) is 41.6. The number of fused-ring (bicyclic) bond motifs is 9. The molecule has 2 heterocycles. The molecule has 0 N–H and O–H groups in total. The summed E-state index contributed by atoms with van der Waals surface area (Å²) in [6.45, 7) is 0. The molecule has 5 aromatic carbocycles. The molecule has 0 bridgehead atoms. The van der Waals surface area contributed by atoms with Gasteiger partial charge in [0.15, 0.2) is 17.5 Å². The van der Waals surface area contributed by atoms with Crippen molar-refractivity contribution in [1.29, 1.82) is 0 Å². The van der Waals surface area contributed by atoms with Crippen molar-refractivity contribution in [3.8, 4) is 33.9 Å². The van der Waals surface area contributed by atoms with Crippen LogP contribution in [0.1, 0.15) is 67.0 Å². The number of rotatable bonds is 5. The Hall–Kier alpha value is -7.17. The smallest absolute Gasteiger partial charge is 0.164 e. The van der Waals surface area contributed by atoms with E-state index in [4.69, 9.17) is 19.4 Å². The Morgan fingerprint density at radius 3 is 2.42 bits per heavy atom. The van der Waals surface area contributed by atoms with Gasteiger partial charge in [-0.05, 0) is 125 Å². The molecule has 5 atom stereocenters. The number of furan rings is 1. The minimum Gasteiger partial charge on any atom is -0.456 e. The minimum absolute atomic E-state index is 0.169. The van der Waals surface area contributed by atoms with Crippen molar-refractivity contribution in [1.82, 2.24) is 15.0 Å². The molecule has 0 spiro atoms. The van der Waals surface area contributed by atoms with Gasteiger partial charge in [-0.3, -0.25) is 0 Å². The third-order valence-electron chi connectivity index (χ3n) is 14.8. The van der Waals surface area contributed by atoms with Crippen molar-refractivity contribution in [2.75, 3.05) is 0 Å². The molecule has 64 heavy (non-hydrogen) atoms. The van der Waals surface area contributed by atoms with Crippen LogP contribution in [0.15, 0.2) is 203 Å². The van der Waals surface area contributed by atoms with Gasteiger partial charge < -0.3 is 4.42 Å². The number of nitrogens with zero attached hydrogens (tertiary/aromatic N) is 3. The predicted octanol–water partition coefficient (Wildman–Crippen LogP) is 15.0. The first kappa shape index (κ1) is 37.4. The normalized spacial score (nSPS) is 23.1. The van der Waals surface area contributed by atoms with Crippen LogP contribution in [0.5, 0.6) is 0 Å². The summed E-state index contributed by atoms with van der Waals surface area (Å²) in [7, 11) is 0. The maximum absolute atomic E-state index is 6.84. The zero-order valence-electron chi connectivity index (χ0n) is 35.7. The highest BCUT2D eigenvalue weighted by molar-refractivity contribution is 6.12. The van der Waals surface area contributed by atoms with Crippen LogP contribution in [0.25, 0.3) is 67.0 Å². The van der Waals surface area contributed by atoms with Crippen LogP contribution in [0, 0.1) is 23.7 Å². The molecule has 0 radical (unpaired) electrons. The molecule has 7 aromatic rings. The highest BCUT2D eigenvalue weighted by atomic mass is 16.3. The molecule has 0 aliphatic heterocycles. The molecule has 4 unspecified atom stereocenters. The average molecular weight is 826 g/mol. The summed E-state index contributed by atoms with van der Waals surface area (Å²) in [5.74, 6) is 3.91. The van der Waals surface area contributed by atoms with Gasteiger partial charge in [-0.15, -0.1) is 0 Å². The third-order valence-corrected chi connectivity index (χ3v) is 14.8. The van der Waals surface area contributed by atoms with E-state index in [9.17, 15) is 0 Å². The van der Waals surface area contributed by atoms with Crippen molar-refractivity contribution in [2.24, 2.45) is 23.7 Å². The van der Waals surface area contributed by atoms with Crippen LogP contribution in [0.3, 0.4) is 0 Å². The van der Waals surface area contributed by atoms with Gasteiger partial charge in [-0.25, -0.2) is 15.0 Å². The van der Waals surface area contributed by atoms with Crippen LogP contribution >= 0.6 is 0 Å². The van der Waals surface area contributed by atoms with E-state index in [1.54, 1.807) is 0 Å². The maximum atomic E-state index is 6.84. The Labute approximate surface area is 374 Å². The molecule has 13 rings (SSSR count). The molecule has 0 saturated carbocycles. The summed E-state index contributed by atoms with van der Waals surface area (Å²) in [5.41, 5.74) is 16.8. The van der Waals surface area contributed by atoms with Gasteiger partial charge >= 0.3 is 0 Å². The lowest BCUT2D eigenvalue weighted by molar-refractivity contribution is 0.435. The highest BCUT2D eigenvalue weighted by Crippen LogP contribution is 2.51. The number of allylic oxidation sites excluding steroid dienone is 16. The molecule has 4 nitrogen and oxygen atoms in total. The van der Waals surface area contributed by atoms with E-state index in [-0.39, 0.29) is 11.8 Å². The van der Waals surface area contributed by atoms with Crippen LogP contribution < -0.4 is 0 Å². The Balaban J connectivity index is 1.03. The van der Waals surface area contributed by atoms with E-state index >= 15 is 0 Å². The summed E-state index contributed by atoms with van der Waals surface area (Å²) < 4.78 is 6.84. The van der Waals surface area contributed by atoms with Crippen molar-refractivity contribution >= 4 is 33.1 Å². The van der Waals surface area contributed by atoms with Crippen LogP contribution in [-0.4, -0.2) is 15.0 Å². The Morgan fingerprint density at radius 2 is 1.45 bits per heavy atom. The highest BCUT2D eigenvalue weighted by Gasteiger charge is 2.35. The van der Waals surface area contributed by atoms with Gasteiger partial charge in [0.2, 0.25) is 0 Å². The largest absolute Gasteiger partial charge is 0.456 e. The first-order valence-electron chi connectivity index (χ1n) is 23.2. The molecule has 6 aliphatic carbocycles. The van der Waals surface area contributed by atoms with Gasteiger partial charge in [0.25, 0.3) is 0 Å². The summed E-state index contributed by atoms with van der Waals surface area (Å²) >= 11 is 0. The Kier molecular flexibility index (Phi) is 8.92. The topological polar surface area (TPSA) is 51.8 Å². The first-order chi connectivity index (χ1) is 31.7. The van der Waals surface area contributed by atoms with Crippen LogP contribution in [0.4, 0.5) is 0 Å². The van der Waals surface area contributed by atoms with Crippen molar-refractivity contribution in [3.63, 3.8) is 0 Å². The average Bonchev–Trinajstić information content (AvgIpc) is 3.66. The van der Waals surface area contributed by atoms with Gasteiger partial charge in [-0.1, -0.05) is 158 Å². The molecular formula is C60H47N3O. The summed E-state index contributed by atoms with van der Waals surface area (Å²) in [4.78, 5) is 16.5. The van der Waals surface area contributed by atoms with E-state index in [2.05, 4.69) is 182 Å². The van der Waals surface area contributed by atoms with E-state index in [0.29, 0.717) is 29.4 Å². The fourth-order valence-electron chi connectivity index (χ4n) is 11.7. The van der Waals surface area contributed by atoms with E-state index in [1.165, 1.54) is 45.4 Å². The standard InChI is InChI=1S/C60H47N3O/c1-2-15-37(16-3-1)38-20-14-21-43(32-38)58-61-59(53-34-41-19-6-7-22-45(41)47-23-9-11-26-50(47)53)63-60(62-58)54-35-44(36-56-57(54)51-27-12-13-28-55(51)64-56)46-30-29-42-31-39-17-4-5-18-40(39)33-52(42)49-25-10-8-24-48(46)49/h1-10,12-16,18-25,27-28,32-36,39,41-42,45-46H,11,17,26,29-31H2/t39?,41?,42?,45?,46-/m0/s1. The number of hydrogen-bond donors (Lipinski definition) is 0. The summed E-state index contributed by atoms with van der Waals surface area (Å²) in [5, 5.41) is 2.11. The van der Waals surface area contributed by atoms with Crippen LogP contribution in [0.2, 0.25) is 0 Å². The summed E-state index contributed by atoms with van der Waals surface area (Å²) in [6.07, 6.45) is 32.1. The van der Waals surface area contributed by atoms with E-state index < -0.39 is 0 Å². The molecule has 6 aliphatic rings. The second kappa shape index (κ2) is 15.3. The first-order valence-corrected chi connectivity index (χ1v) is 23.2. The lowest BCUT2D eigenvalue weighted by Gasteiger charge is -2.33. The molecule has 0 fully saturated rings. The lowest BCUT2D eigenvalue weighted by Crippen LogP contribution is -2.21. The lowest BCUT2D eigenvalue weighted by atomic mass is 9.71. The molecule has 0 saturated heterocycles. The quantitative estimate of drug-likeness (QED) is 0.173. The fraction of sp³-hybridized carbons (Fsp3) is 0.183. The molecule has 0 amide bonds. The molecule has 4 heteroatoms. The third kappa shape index (κ3) is 6.30. The zero-order valence-corrected chi connectivity index (χ0v) is 35.7. The van der Waals surface area contributed by atoms with Gasteiger partial charge in [0.05, 0.1) is 0 Å².